The molecule has 0 bridgehead atoms. The molecule has 0 radical (unpaired) electrons. The highest BCUT2D eigenvalue weighted by Gasteiger charge is 2.26. The van der Waals surface area contributed by atoms with Gasteiger partial charge in [0.15, 0.2) is 0 Å². The highest BCUT2D eigenvalue weighted by atomic mass is 35.5. The Morgan fingerprint density at radius 3 is 2.38 bits per heavy atom. The summed E-state index contributed by atoms with van der Waals surface area (Å²) in [5.41, 5.74) is 4.38. The van der Waals surface area contributed by atoms with E-state index in [9.17, 15) is 0 Å². The monoisotopic (exact) mass is 390 g/mol. The second kappa shape index (κ2) is 8.69. The van der Waals surface area contributed by atoms with Crippen molar-refractivity contribution >= 4 is 35.5 Å². The maximum atomic E-state index is 2.53. The lowest BCUT2D eigenvalue weighted by Gasteiger charge is -2.35. The molecule has 2 aromatic rings. The van der Waals surface area contributed by atoms with Crippen LogP contribution in [-0.2, 0) is 5.41 Å². The van der Waals surface area contributed by atoms with Crippen LogP contribution < -0.4 is 4.90 Å². The van der Waals surface area contributed by atoms with E-state index in [1.807, 2.05) is 11.8 Å². The van der Waals surface area contributed by atoms with Crippen LogP contribution in [0.2, 0.25) is 0 Å². The van der Waals surface area contributed by atoms with E-state index in [4.69, 9.17) is 0 Å². The smallest absolute Gasteiger partial charge is 0.0555 e. The van der Waals surface area contributed by atoms with Gasteiger partial charge >= 0.3 is 0 Å². The van der Waals surface area contributed by atoms with Crippen molar-refractivity contribution < 1.29 is 0 Å². The van der Waals surface area contributed by atoms with Gasteiger partial charge in [0, 0.05) is 16.3 Å². The molecule has 0 amide bonds. The molecule has 1 heterocycles. The van der Waals surface area contributed by atoms with Gasteiger partial charge in [0.05, 0.1) is 11.4 Å². The van der Waals surface area contributed by atoms with E-state index in [1.165, 1.54) is 26.7 Å². The summed E-state index contributed by atoms with van der Waals surface area (Å²) in [6, 6.07) is 15.9. The first-order valence-electron chi connectivity index (χ1n) is 9.26. The van der Waals surface area contributed by atoms with Crippen molar-refractivity contribution in [1.29, 1.82) is 0 Å². The SMILES string of the molecule is CCC(C)(C)c1ccc2c(c1)N(CCCN(C)C)c1ccccc1S2.Cl. The standard InChI is InChI=1S/C22H30N2S.ClH/c1-6-22(2,3)17-12-13-21-19(16-17)24(15-9-14-23(4)5)18-10-7-8-11-20(18)25-21;/h7-8,10-13,16H,6,9,14-15H2,1-5H3;1H. The van der Waals surface area contributed by atoms with Crippen molar-refractivity contribution in [2.45, 2.75) is 48.8 Å². The molecule has 0 aromatic heterocycles. The number of hydrogen-bond donors (Lipinski definition) is 0. The van der Waals surface area contributed by atoms with E-state index in [-0.39, 0.29) is 17.8 Å². The number of anilines is 2. The fraction of sp³-hybridized carbons (Fsp3) is 0.455. The van der Waals surface area contributed by atoms with E-state index in [2.05, 4.69) is 87.1 Å². The summed E-state index contributed by atoms with van der Waals surface area (Å²) >= 11 is 1.90. The molecular weight excluding hydrogens is 360 g/mol. The number of hydrogen-bond acceptors (Lipinski definition) is 3. The third-order valence-electron chi connectivity index (χ3n) is 5.28. The van der Waals surface area contributed by atoms with Gasteiger partial charge in [0.1, 0.15) is 0 Å². The number of rotatable bonds is 6. The molecule has 0 aliphatic carbocycles. The highest BCUT2D eigenvalue weighted by molar-refractivity contribution is 7.99. The second-order valence-corrected chi connectivity index (χ2v) is 8.88. The summed E-state index contributed by atoms with van der Waals surface area (Å²) < 4.78 is 0. The van der Waals surface area contributed by atoms with Crippen LogP contribution in [-0.4, -0.2) is 32.1 Å². The Bertz CT molecular complexity index is 743. The number of halogens is 1. The molecule has 0 spiro atoms. The van der Waals surface area contributed by atoms with Gasteiger partial charge in [-0.05, 0) is 68.7 Å². The molecule has 3 rings (SSSR count). The number of para-hydroxylation sites is 1. The second-order valence-electron chi connectivity index (χ2n) is 7.80. The molecule has 2 aromatic carbocycles. The van der Waals surface area contributed by atoms with Gasteiger partial charge in [-0.3, -0.25) is 0 Å². The normalized spacial score (nSPS) is 13.2. The predicted octanol–water partition coefficient (Wildman–Crippen LogP) is 6.35. The summed E-state index contributed by atoms with van der Waals surface area (Å²) in [5, 5.41) is 0. The molecule has 1 aliphatic rings. The fourth-order valence-corrected chi connectivity index (χ4v) is 4.32. The van der Waals surface area contributed by atoms with Crippen LogP contribution in [0, 0.1) is 0 Å². The Morgan fingerprint density at radius 2 is 1.69 bits per heavy atom. The molecule has 4 heteroatoms. The summed E-state index contributed by atoms with van der Waals surface area (Å²) in [6.07, 6.45) is 2.31. The quantitative estimate of drug-likeness (QED) is 0.567. The van der Waals surface area contributed by atoms with Crippen molar-refractivity contribution in [3.05, 3.63) is 48.0 Å². The molecule has 2 nitrogen and oxygen atoms in total. The summed E-state index contributed by atoms with van der Waals surface area (Å²) in [6.45, 7) is 9.13. The zero-order chi connectivity index (χ0) is 18.0. The van der Waals surface area contributed by atoms with Crippen LogP contribution in [0.4, 0.5) is 11.4 Å². The zero-order valence-electron chi connectivity index (χ0n) is 16.6. The molecule has 0 unspecified atom stereocenters. The molecule has 0 saturated heterocycles. The van der Waals surface area contributed by atoms with Crippen LogP contribution in [0.3, 0.4) is 0 Å². The van der Waals surface area contributed by atoms with E-state index in [0.717, 1.165) is 25.9 Å². The minimum absolute atomic E-state index is 0. The van der Waals surface area contributed by atoms with Crippen molar-refractivity contribution in [3.63, 3.8) is 0 Å². The minimum Gasteiger partial charge on any atom is -0.340 e. The molecule has 1 aliphatic heterocycles. The molecule has 26 heavy (non-hydrogen) atoms. The fourth-order valence-electron chi connectivity index (χ4n) is 3.24. The van der Waals surface area contributed by atoms with Gasteiger partial charge in [-0.1, -0.05) is 50.7 Å². The van der Waals surface area contributed by atoms with E-state index in [0.29, 0.717) is 0 Å². The first kappa shape index (κ1) is 21.1. The van der Waals surface area contributed by atoms with E-state index < -0.39 is 0 Å². The Kier molecular flexibility index (Phi) is 7.06. The van der Waals surface area contributed by atoms with Crippen LogP contribution in [0.15, 0.2) is 52.3 Å². The third-order valence-corrected chi connectivity index (χ3v) is 6.41. The van der Waals surface area contributed by atoms with Gasteiger partial charge < -0.3 is 9.80 Å². The summed E-state index contributed by atoms with van der Waals surface area (Å²) in [4.78, 5) is 7.53. The lowest BCUT2D eigenvalue weighted by molar-refractivity contribution is 0.402. The van der Waals surface area contributed by atoms with Crippen molar-refractivity contribution in [1.82, 2.24) is 4.90 Å². The Hall–Kier alpha value is -1.16. The minimum atomic E-state index is 0. The highest BCUT2D eigenvalue weighted by Crippen LogP contribution is 2.49. The Labute approximate surface area is 169 Å². The zero-order valence-corrected chi connectivity index (χ0v) is 18.2. The summed E-state index contributed by atoms with van der Waals surface area (Å²) in [5.74, 6) is 0. The van der Waals surface area contributed by atoms with Gasteiger partial charge in [0.25, 0.3) is 0 Å². The number of nitrogens with zero attached hydrogens (tertiary/aromatic N) is 2. The maximum absolute atomic E-state index is 2.53. The average molecular weight is 391 g/mol. The lowest BCUT2D eigenvalue weighted by Crippen LogP contribution is -2.26. The molecule has 142 valence electrons. The van der Waals surface area contributed by atoms with Crippen LogP contribution >= 0.6 is 24.2 Å². The van der Waals surface area contributed by atoms with E-state index in [1.54, 1.807) is 0 Å². The van der Waals surface area contributed by atoms with Gasteiger partial charge in [0.2, 0.25) is 0 Å². The lowest BCUT2D eigenvalue weighted by atomic mass is 9.82. The van der Waals surface area contributed by atoms with Crippen molar-refractivity contribution in [2.75, 3.05) is 32.1 Å². The maximum Gasteiger partial charge on any atom is 0.0555 e. The van der Waals surface area contributed by atoms with Crippen LogP contribution in [0.25, 0.3) is 0 Å². The molecule has 0 fully saturated rings. The Balaban J connectivity index is 0.00000243. The average Bonchev–Trinajstić information content (AvgIpc) is 2.60. The van der Waals surface area contributed by atoms with Gasteiger partial charge in [-0.15, -0.1) is 12.4 Å². The Morgan fingerprint density at radius 1 is 1.00 bits per heavy atom. The van der Waals surface area contributed by atoms with Crippen molar-refractivity contribution in [2.24, 2.45) is 0 Å². The molecule has 0 saturated carbocycles. The van der Waals surface area contributed by atoms with E-state index >= 15 is 0 Å². The largest absolute Gasteiger partial charge is 0.340 e. The predicted molar refractivity (Wildman–Crippen MR) is 118 cm³/mol. The first-order valence-corrected chi connectivity index (χ1v) is 10.1. The van der Waals surface area contributed by atoms with Crippen LogP contribution in [0.1, 0.15) is 39.2 Å². The summed E-state index contributed by atoms with van der Waals surface area (Å²) in [7, 11) is 4.30. The molecule has 0 atom stereocenters. The van der Waals surface area contributed by atoms with Crippen LogP contribution in [0.5, 0.6) is 0 Å². The number of fused-ring (bicyclic) bond motifs is 2. The van der Waals surface area contributed by atoms with Gasteiger partial charge in [-0.25, -0.2) is 0 Å². The first-order chi connectivity index (χ1) is 11.9. The third kappa shape index (κ3) is 4.39. The molecular formula is C22H31ClN2S. The van der Waals surface area contributed by atoms with Gasteiger partial charge in [-0.2, -0.15) is 0 Å². The number of benzene rings is 2. The molecule has 0 N–H and O–H groups in total. The van der Waals surface area contributed by atoms with Crippen molar-refractivity contribution in [3.8, 4) is 0 Å². The topological polar surface area (TPSA) is 6.48 Å².